The first-order chi connectivity index (χ1) is 12.4. The summed E-state index contributed by atoms with van der Waals surface area (Å²) < 4.78 is 17.4. The van der Waals surface area contributed by atoms with Gasteiger partial charge in [-0.3, -0.25) is 0 Å². The van der Waals surface area contributed by atoms with E-state index >= 15 is 0 Å². The Labute approximate surface area is 152 Å². The third-order valence-corrected chi connectivity index (χ3v) is 4.62. The van der Waals surface area contributed by atoms with Crippen molar-refractivity contribution in [2.24, 2.45) is 5.92 Å². The molecule has 1 aliphatic rings. The highest BCUT2D eigenvalue weighted by Crippen LogP contribution is 2.26. The molecule has 0 aromatic carbocycles. The number of pyridine rings is 1. The number of methoxy groups -OCH3 is 1. The van der Waals surface area contributed by atoms with Gasteiger partial charge in [0, 0.05) is 23.5 Å². The largest absolute Gasteiger partial charge is 0.467 e. The van der Waals surface area contributed by atoms with Gasteiger partial charge in [-0.2, -0.15) is 0 Å². The van der Waals surface area contributed by atoms with Crippen LogP contribution in [0.1, 0.15) is 22.6 Å². The van der Waals surface area contributed by atoms with Crippen LogP contribution in [0.4, 0.5) is 0 Å². The number of ether oxygens (including phenoxy) is 3. The number of carbonyl (C=O) groups is 1. The Balaban J connectivity index is 1.91. The first kappa shape index (κ1) is 18.6. The Kier molecular flexibility index (Phi) is 5.41. The lowest BCUT2D eigenvalue weighted by Crippen LogP contribution is -2.47. The van der Waals surface area contributed by atoms with Gasteiger partial charge in [0.2, 0.25) is 0 Å². The van der Waals surface area contributed by atoms with Crippen molar-refractivity contribution in [2.75, 3.05) is 13.9 Å². The van der Waals surface area contributed by atoms with E-state index in [9.17, 15) is 9.90 Å². The first-order valence-corrected chi connectivity index (χ1v) is 8.52. The van der Waals surface area contributed by atoms with Crippen molar-refractivity contribution >= 4 is 5.97 Å². The van der Waals surface area contributed by atoms with Gasteiger partial charge in [0.25, 0.3) is 0 Å². The molecule has 140 valence electrons. The van der Waals surface area contributed by atoms with Gasteiger partial charge in [0.1, 0.15) is 5.82 Å². The summed E-state index contributed by atoms with van der Waals surface area (Å²) in [6.07, 6.45) is -1.66. The minimum atomic E-state index is -1.34. The number of esters is 1. The van der Waals surface area contributed by atoms with E-state index < -0.39 is 24.3 Å². The van der Waals surface area contributed by atoms with Gasteiger partial charge < -0.3 is 23.9 Å². The minimum Gasteiger partial charge on any atom is -0.467 e. The van der Waals surface area contributed by atoms with E-state index in [4.69, 9.17) is 14.5 Å². The van der Waals surface area contributed by atoms with Crippen molar-refractivity contribution in [3.05, 3.63) is 46.9 Å². The number of aliphatic hydroxyl groups excluding tert-OH is 1. The molecule has 7 heteroatoms. The van der Waals surface area contributed by atoms with E-state index in [0.717, 1.165) is 28.5 Å². The fraction of sp³-hybridized carbons (Fsp3) is 0.474. The molecule has 1 fully saturated rings. The van der Waals surface area contributed by atoms with Crippen molar-refractivity contribution in [1.82, 2.24) is 9.55 Å². The van der Waals surface area contributed by atoms with Gasteiger partial charge in [-0.1, -0.05) is 0 Å². The zero-order valence-corrected chi connectivity index (χ0v) is 15.4. The molecule has 1 saturated heterocycles. The van der Waals surface area contributed by atoms with Crippen LogP contribution in [0.3, 0.4) is 0 Å². The third-order valence-electron chi connectivity index (χ3n) is 4.62. The summed E-state index contributed by atoms with van der Waals surface area (Å²) in [5, 5.41) is 10.3. The number of hydrogen-bond donors (Lipinski definition) is 1. The molecular weight excluding hydrogens is 336 g/mol. The molecule has 0 aliphatic carbocycles. The maximum absolute atomic E-state index is 11.8. The number of hydrogen-bond acceptors (Lipinski definition) is 6. The van der Waals surface area contributed by atoms with Crippen LogP contribution in [0.15, 0.2) is 24.3 Å². The monoisotopic (exact) mass is 360 g/mol. The van der Waals surface area contributed by atoms with E-state index in [-0.39, 0.29) is 6.79 Å². The molecule has 2 aromatic rings. The topological polar surface area (TPSA) is 82.8 Å². The highest BCUT2D eigenvalue weighted by molar-refractivity contribution is 5.74. The Morgan fingerprint density at radius 1 is 1.31 bits per heavy atom. The van der Waals surface area contributed by atoms with Crippen LogP contribution in [-0.4, -0.2) is 46.9 Å². The molecule has 0 saturated carbocycles. The van der Waals surface area contributed by atoms with E-state index in [1.165, 1.54) is 7.11 Å². The van der Waals surface area contributed by atoms with Crippen molar-refractivity contribution in [2.45, 2.75) is 39.6 Å². The molecule has 3 heterocycles. The smallest absolute Gasteiger partial charge is 0.335 e. The number of aryl methyl sites for hydroxylation is 3. The summed E-state index contributed by atoms with van der Waals surface area (Å²) in [6.45, 7) is 6.20. The van der Waals surface area contributed by atoms with Gasteiger partial charge >= 0.3 is 5.97 Å². The molecule has 2 aromatic heterocycles. The summed E-state index contributed by atoms with van der Waals surface area (Å²) in [6, 6.07) is 8.02. The van der Waals surface area contributed by atoms with Crippen LogP contribution in [0.25, 0.3) is 5.82 Å². The molecule has 1 aliphatic heterocycles. The van der Waals surface area contributed by atoms with Gasteiger partial charge in [-0.15, -0.1) is 0 Å². The van der Waals surface area contributed by atoms with E-state index in [2.05, 4.69) is 9.30 Å². The third kappa shape index (κ3) is 3.65. The van der Waals surface area contributed by atoms with Crippen molar-refractivity contribution in [3.8, 4) is 5.82 Å². The van der Waals surface area contributed by atoms with Gasteiger partial charge in [-0.25, -0.2) is 9.78 Å². The predicted octanol–water partition coefficient (Wildman–Crippen LogP) is 1.82. The Hall–Kier alpha value is -2.22. The van der Waals surface area contributed by atoms with Crippen LogP contribution in [-0.2, 0) is 25.4 Å². The Bertz CT molecular complexity index is 778. The van der Waals surface area contributed by atoms with E-state index in [1.807, 2.05) is 45.0 Å². The quantitative estimate of drug-likeness (QED) is 0.792. The molecule has 0 radical (unpaired) electrons. The Morgan fingerprint density at radius 3 is 2.50 bits per heavy atom. The number of aromatic nitrogens is 2. The molecule has 0 unspecified atom stereocenters. The van der Waals surface area contributed by atoms with E-state index in [1.54, 1.807) is 0 Å². The molecule has 2 atom stereocenters. The summed E-state index contributed by atoms with van der Waals surface area (Å²) in [5.41, 5.74) is 3.96. The van der Waals surface area contributed by atoms with Crippen LogP contribution in [0, 0.1) is 26.7 Å². The van der Waals surface area contributed by atoms with Gasteiger partial charge in [-0.05, 0) is 50.6 Å². The zero-order valence-electron chi connectivity index (χ0n) is 15.4. The summed E-state index contributed by atoms with van der Waals surface area (Å²) in [7, 11) is 1.24. The predicted molar refractivity (Wildman–Crippen MR) is 93.8 cm³/mol. The molecule has 7 nitrogen and oxygen atoms in total. The molecule has 26 heavy (non-hydrogen) atoms. The summed E-state index contributed by atoms with van der Waals surface area (Å²) in [5.74, 6) is -0.494. The Morgan fingerprint density at radius 2 is 1.96 bits per heavy atom. The first-order valence-electron chi connectivity index (χ1n) is 8.52. The zero-order chi connectivity index (χ0) is 18.8. The molecular formula is C19H24N2O5. The SMILES string of the molecule is COC(=O)[C@H](O)[C@H](Cc1cc(C)cc(-n2c(C)ccc2C)n1)C1OCO1. The lowest BCUT2D eigenvalue weighted by Gasteiger charge is -2.35. The fourth-order valence-corrected chi connectivity index (χ4v) is 3.26. The van der Waals surface area contributed by atoms with Crippen molar-refractivity contribution in [1.29, 1.82) is 0 Å². The average molecular weight is 360 g/mol. The van der Waals surface area contributed by atoms with Crippen LogP contribution in [0.5, 0.6) is 0 Å². The lowest BCUT2D eigenvalue weighted by atomic mass is 9.94. The number of aliphatic hydroxyl groups is 1. The number of carbonyl (C=O) groups excluding carboxylic acids is 1. The van der Waals surface area contributed by atoms with Crippen LogP contribution >= 0.6 is 0 Å². The lowest BCUT2D eigenvalue weighted by molar-refractivity contribution is -0.346. The van der Waals surface area contributed by atoms with E-state index in [0.29, 0.717) is 6.42 Å². The average Bonchev–Trinajstić information content (AvgIpc) is 2.89. The van der Waals surface area contributed by atoms with Crippen LogP contribution in [0.2, 0.25) is 0 Å². The normalized spacial score (nSPS) is 16.8. The standard InChI is InChI=1S/C19H24N2O5/c1-11-7-14(20-16(8-11)21-12(2)5-6-13(21)3)9-15(19-25-10-26-19)17(22)18(23)24-4/h5-8,15,17,19,22H,9-10H2,1-4H3/t15-,17+/m0/s1. The molecule has 1 N–H and O–H groups in total. The number of rotatable bonds is 6. The maximum Gasteiger partial charge on any atom is 0.335 e. The molecule has 3 rings (SSSR count). The van der Waals surface area contributed by atoms with Crippen molar-refractivity contribution < 1.29 is 24.1 Å². The van der Waals surface area contributed by atoms with Gasteiger partial charge in [0.15, 0.2) is 19.2 Å². The maximum atomic E-state index is 11.8. The highest BCUT2D eigenvalue weighted by atomic mass is 16.8. The second-order valence-electron chi connectivity index (χ2n) is 6.60. The second kappa shape index (κ2) is 7.57. The second-order valence-corrected chi connectivity index (χ2v) is 6.60. The van der Waals surface area contributed by atoms with Crippen LogP contribution < -0.4 is 0 Å². The molecule has 0 bridgehead atoms. The van der Waals surface area contributed by atoms with Crippen molar-refractivity contribution in [3.63, 3.8) is 0 Å². The minimum absolute atomic E-state index is 0.156. The highest BCUT2D eigenvalue weighted by Gasteiger charge is 2.39. The van der Waals surface area contributed by atoms with Gasteiger partial charge in [0.05, 0.1) is 13.0 Å². The summed E-state index contributed by atoms with van der Waals surface area (Å²) in [4.78, 5) is 16.5. The summed E-state index contributed by atoms with van der Waals surface area (Å²) >= 11 is 0. The number of nitrogens with zero attached hydrogens (tertiary/aromatic N) is 2. The molecule has 0 spiro atoms. The molecule has 0 amide bonds. The fourth-order valence-electron chi connectivity index (χ4n) is 3.26.